The number of hydrogen-bond acceptors (Lipinski definition) is 0. The van der Waals surface area contributed by atoms with E-state index in [1.54, 1.807) is 36.1 Å². The van der Waals surface area contributed by atoms with E-state index in [0.29, 0.717) is 0 Å². The van der Waals surface area contributed by atoms with Crippen molar-refractivity contribution >= 4 is 5.92 Å². The molecule has 115 valence electrons. The second-order valence-corrected chi connectivity index (χ2v) is 23.3. The first kappa shape index (κ1) is 19.7. The van der Waals surface area contributed by atoms with Crippen molar-refractivity contribution < 1.29 is 45.7 Å². The zero-order chi connectivity index (χ0) is 13.2. The number of halogens is 2. The van der Waals surface area contributed by atoms with E-state index >= 15 is 0 Å². The van der Waals surface area contributed by atoms with E-state index in [4.69, 9.17) is 0 Å². The zero-order valence-corrected chi connectivity index (χ0v) is 18.2. The summed E-state index contributed by atoms with van der Waals surface area (Å²) in [4.78, 5) is 0. The first-order chi connectivity index (χ1) is 9.27. The molecule has 3 rings (SSSR count). The third-order valence-corrected chi connectivity index (χ3v) is 28.6. The Morgan fingerprint density at radius 3 is 1.67 bits per heavy atom. The normalized spacial score (nSPS) is 21.6. The Hall–Kier alpha value is 0.640. The summed E-state index contributed by atoms with van der Waals surface area (Å²) in [6.45, 7) is 4.77. The maximum Gasteiger partial charge on any atom is -1.00 e. The molecule has 0 nitrogen and oxygen atoms in total. The molecule has 0 saturated carbocycles. The monoisotopic (exact) mass is 417 g/mol. The van der Waals surface area contributed by atoms with Crippen LogP contribution in [-0.4, -0.2) is 5.92 Å². The second kappa shape index (κ2) is 9.06. The van der Waals surface area contributed by atoms with Crippen LogP contribution < -0.4 is 24.8 Å². The minimum absolute atomic E-state index is 0. The topological polar surface area (TPSA) is 0 Å². The smallest absolute Gasteiger partial charge is 1.00 e. The summed E-state index contributed by atoms with van der Waals surface area (Å²) >= 11 is -1.45. The Morgan fingerprint density at radius 1 is 0.810 bits per heavy atom. The summed E-state index contributed by atoms with van der Waals surface area (Å²) in [7, 11) is 0. The van der Waals surface area contributed by atoms with Gasteiger partial charge in [-0.3, -0.25) is 0 Å². The van der Waals surface area contributed by atoms with Gasteiger partial charge in [-0.2, -0.15) is 0 Å². The Balaban J connectivity index is 0.00000110. The molecule has 3 aliphatic rings. The summed E-state index contributed by atoms with van der Waals surface area (Å²) in [5.74, 6) is -0.423. The van der Waals surface area contributed by atoms with Gasteiger partial charge < -0.3 is 24.8 Å². The Labute approximate surface area is 150 Å². The average molecular weight is 420 g/mol. The molecule has 2 aliphatic carbocycles. The maximum absolute atomic E-state index is 2.43. The van der Waals surface area contributed by atoms with Crippen LogP contribution >= 0.6 is 0 Å². The predicted octanol–water partition coefficient (Wildman–Crippen LogP) is -1.01. The molecule has 0 aromatic heterocycles. The molecule has 0 atom stereocenters. The molecule has 1 heterocycles. The fourth-order valence-electron chi connectivity index (χ4n) is 3.94. The molecule has 1 fully saturated rings. The van der Waals surface area contributed by atoms with Gasteiger partial charge >= 0.3 is 127 Å². The fourth-order valence-corrected chi connectivity index (χ4v) is 31.0. The Kier molecular flexibility index (Phi) is 8.50. The van der Waals surface area contributed by atoms with Gasteiger partial charge in [0.1, 0.15) is 0 Å². The van der Waals surface area contributed by atoms with E-state index in [1.165, 1.54) is 19.3 Å². The van der Waals surface area contributed by atoms with Gasteiger partial charge in [0, 0.05) is 0 Å². The molecular formula is C17H25Cl2SiZr. The van der Waals surface area contributed by atoms with Gasteiger partial charge in [-0.05, 0) is 0 Å². The van der Waals surface area contributed by atoms with Crippen molar-refractivity contribution in [1.29, 1.82) is 0 Å². The van der Waals surface area contributed by atoms with Crippen molar-refractivity contribution in [2.45, 2.75) is 58.0 Å². The van der Waals surface area contributed by atoms with E-state index in [2.05, 4.69) is 38.2 Å². The van der Waals surface area contributed by atoms with E-state index in [0.717, 1.165) is 0 Å². The summed E-state index contributed by atoms with van der Waals surface area (Å²) in [6, 6.07) is 3.34. The van der Waals surface area contributed by atoms with Crippen LogP contribution in [0.4, 0.5) is 0 Å². The molecule has 0 N–H and O–H groups in total. The molecular weight excluding hydrogens is 394 g/mol. The third-order valence-electron chi connectivity index (χ3n) is 5.00. The molecule has 1 aliphatic heterocycles. The first-order valence-electron chi connectivity index (χ1n) is 7.87. The van der Waals surface area contributed by atoms with E-state index in [-0.39, 0.29) is 24.8 Å². The van der Waals surface area contributed by atoms with Crippen molar-refractivity contribution in [2.75, 3.05) is 0 Å². The van der Waals surface area contributed by atoms with Gasteiger partial charge in [-0.25, -0.2) is 0 Å². The van der Waals surface area contributed by atoms with Gasteiger partial charge in [0.2, 0.25) is 0 Å². The van der Waals surface area contributed by atoms with Crippen LogP contribution in [-0.2, 0) is 20.9 Å². The molecule has 0 radical (unpaired) electrons. The summed E-state index contributed by atoms with van der Waals surface area (Å²) in [5.41, 5.74) is 3.33. The maximum atomic E-state index is 2.43. The molecule has 1 saturated heterocycles. The van der Waals surface area contributed by atoms with Crippen LogP contribution in [0, 0.1) is 0 Å². The molecule has 21 heavy (non-hydrogen) atoms. The van der Waals surface area contributed by atoms with Crippen molar-refractivity contribution in [1.82, 2.24) is 0 Å². The standard InChI is InChI=1S/2C6H7.C5H11Si.2ClH.Zr/c2*1-6-4-2-3-5-6;1-2-4-6-5-3-1;;;/h2*2,4H,3H2,1H3;6H,1-5H2;2*1H;/q;;;;;+2/p-2. The molecule has 4 heteroatoms. The van der Waals surface area contributed by atoms with Crippen molar-refractivity contribution in [2.24, 2.45) is 0 Å². The van der Waals surface area contributed by atoms with E-state index in [9.17, 15) is 0 Å². The van der Waals surface area contributed by atoms with Gasteiger partial charge in [-0.1, -0.05) is 0 Å². The Bertz CT molecular complexity index is 449. The van der Waals surface area contributed by atoms with E-state index in [1.807, 2.05) is 6.56 Å². The first-order valence-corrected chi connectivity index (χ1v) is 16.8. The fraction of sp³-hybridized carbons (Fsp3) is 0.529. The average Bonchev–Trinajstić information content (AvgIpc) is 3.02. The molecule has 0 aromatic carbocycles. The predicted molar refractivity (Wildman–Crippen MR) is 83.5 cm³/mol. The third kappa shape index (κ3) is 4.34. The molecule has 0 bridgehead atoms. The van der Waals surface area contributed by atoms with Crippen LogP contribution in [0.25, 0.3) is 0 Å². The number of allylic oxidation sites excluding steroid dienone is 8. The Morgan fingerprint density at radius 2 is 1.29 bits per heavy atom. The molecule has 0 spiro atoms. The molecule has 0 amide bonds. The van der Waals surface area contributed by atoms with Crippen LogP contribution in [0.1, 0.15) is 46.0 Å². The van der Waals surface area contributed by atoms with Crippen LogP contribution in [0.2, 0.25) is 12.1 Å². The van der Waals surface area contributed by atoms with Gasteiger partial charge in [-0.15, -0.1) is 0 Å². The minimum atomic E-state index is -1.45. The SMILES string of the molecule is CC1=[C]([Zr+2]([C]2=C(C)C=CC2)[SiH]2CCCCC2)CC=C1.[Cl-].[Cl-]. The minimum Gasteiger partial charge on any atom is -1.00 e. The van der Waals surface area contributed by atoms with Crippen LogP contribution in [0.15, 0.2) is 42.0 Å². The second-order valence-electron chi connectivity index (χ2n) is 6.28. The zero-order valence-electron chi connectivity index (χ0n) is 13.1. The number of hydrogen-bond donors (Lipinski definition) is 0. The summed E-state index contributed by atoms with van der Waals surface area (Å²) < 4.78 is 3.97. The van der Waals surface area contributed by atoms with E-state index < -0.39 is 26.8 Å². The molecule has 0 unspecified atom stereocenters. The largest absolute Gasteiger partial charge is 1.00 e. The quantitative estimate of drug-likeness (QED) is 0.515. The summed E-state index contributed by atoms with van der Waals surface area (Å²) in [6.07, 6.45) is 17.0. The van der Waals surface area contributed by atoms with Crippen molar-refractivity contribution in [3.8, 4) is 0 Å². The van der Waals surface area contributed by atoms with Crippen molar-refractivity contribution in [3.05, 3.63) is 42.0 Å². The van der Waals surface area contributed by atoms with Crippen LogP contribution in [0.3, 0.4) is 0 Å². The number of rotatable bonds is 3. The summed E-state index contributed by atoms with van der Waals surface area (Å²) in [5, 5.41) is 0. The van der Waals surface area contributed by atoms with Crippen molar-refractivity contribution in [3.63, 3.8) is 0 Å². The molecule has 0 aromatic rings. The van der Waals surface area contributed by atoms with Gasteiger partial charge in [0.05, 0.1) is 0 Å². The van der Waals surface area contributed by atoms with Gasteiger partial charge in [0.15, 0.2) is 0 Å². The van der Waals surface area contributed by atoms with Crippen LogP contribution in [0.5, 0.6) is 0 Å². The van der Waals surface area contributed by atoms with Gasteiger partial charge in [0.25, 0.3) is 0 Å².